The Labute approximate surface area is 123 Å². The van der Waals surface area contributed by atoms with Gasteiger partial charge in [0.25, 0.3) is 0 Å². The first kappa shape index (κ1) is 16.3. The molecule has 4 nitrogen and oxygen atoms in total. The highest BCUT2D eigenvalue weighted by atomic mass is 15.2. The van der Waals surface area contributed by atoms with Crippen LogP contribution >= 0.6 is 0 Å². The second kappa shape index (κ2) is 8.46. The lowest BCUT2D eigenvalue weighted by Crippen LogP contribution is -2.37. The summed E-state index contributed by atoms with van der Waals surface area (Å²) in [6.07, 6.45) is 0. The molecule has 0 aliphatic heterocycles. The van der Waals surface area contributed by atoms with Crippen molar-refractivity contribution in [3.05, 3.63) is 29.8 Å². The molecule has 0 atom stereocenters. The van der Waals surface area contributed by atoms with E-state index in [9.17, 15) is 0 Å². The summed E-state index contributed by atoms with van der Waals surface area (Å²) >= 11 is 0. The van der Waals surface area contributed by atoms with Crippen LogP contribution in [0.3, 0.4) is 0 Å². The van der Waals surface area contributed by atoms with Crippen LogP contribution in [-0.2, 0) is 0 Å². The van der Waals surface area contributed by atoms with Gasteiger partial charge in [-0.2, -0.15) is 0 Å². The summed E-state index contributed by atoms with van der Waals surface area (Å²) in [5, 5.41) is 0. The minimum atomic E-state index is 0.648. The summed E-state index contributed by atoms with van der Waals surface area (Å²) in [5.74, 6) is 0.648. The number of hydrogen-bond acceptors (Lipinski definition) is 2. The first-order valence-corrected chi connectivity index (χ1v) is 7.48. The third-order valence-electron chi connectivity index (χ3n) is 3.48. The second-order valence-electron chi connectivity index (χ2n) is 4.83. The standard InChI is InChI=1S/C16H28N4/c1-5-19(6-2)16(17)18-11-12-20(7-3)15-10-8-9-14(4)13-15/h8-10,13H,5-7,11-12H2,1-4H3,(H2,17,18). The van der Waals surface area contributed by atoms with Crippen molar-refractivity contribution in [3.8, 4) is 0 Å². The molecule has 0 amide bonds. The first-order chi connectivity index (χ1) is 9.62. The second-order valence-corrected chi connectivity index (χ2v) is 4.83. The van der Waals surface area contributed by atoms with Crippen molar-refractivity contribution >= 4 is 11.6 Å². The molecule has 1 rings (SSSR count). The van der Waals surface area contributed by atoms with Gasteiger partial charge in [-0.15, -0.1) is 0 Å². The number of aliphatic imine (C=N–C) groups is 1. The molecule has 0 aliphatic rings. The lowest BCUT2D eigenvalue weighted by atomic mass is 10.2. The first-order valence-electron chi connectivity index (χ1n) is 7.48. The van der Waals surface area contributed by atoms with Crippen molar-refractivity contribution < 1.29 is 0 Å². The zero-order chi connectivity index (χ0) is 15.0. The normalized spacial score (nSPS) is 11.5. The molecular weight excluding hydrogens is 248 g/mol. The maximum atomic E-state index is 5.99. The van der Waals surface area contributed by atoms with Crippen LogP contribution in [0.5, 0.6) is 0 Å². The number of rotatable bonds is 7. The molecule has 0 fully saturated rings. The third kappa shape index (κ3) is 4.76. The van der Waals surface area contributed by atoms with Gasteiger partial charge >= 0.3 is 0 Å². The van der Waals surface area contributed by atoms with Gasteiger partial charge in [-0.3, -0.25) is 4.99 Å². The number of hydrogen-bond donors (Lipinski definition) is 1. The summed E-state index contributed by atoms with van der Waals surface area (Å²) in [4.78, 5) is 8.88. The summed E-state index contributed by atoms with van der Waals surface area (Å²) in [7, 11) is 0. The van der Waals surface area contributed by atoms with Crippen LogP contribution in [0, 0.1) is 6.92 Å². The molecule has 0 aromatic heterocycles. The Balaban J connectivity index is 2.60. The van der Waals surface area contributed by atoms with Gasteiger partial charge in [-0.05, 0) is 45.4 Å². The van der Waals surface area contributed by atoms with Crippen molar-refractivity contribution in [2.45, 2.75) is 27.7 Å². The van der Waals surface area contributed by atoms with E-state index in [1.54, 1.807) is 0 Å². The molecule has 1 aromatic carbocycles. The van der Waals surface area contributed by atoms with Gasteiger partial charge in [0.15, 0.2) is 5.96 Å². The molecule has 112 valence electrons. The maximum Gasteiger partial charge on any atom is 0.191 e. The topological polar surface area (TPSA) is 44.9 Å². The molecule has 0 saturated heterocycles. The number of anilines is 1. The molecule has 4 heteroatoms. The number of likely N-dealkylation sites (N-methyl/N-ethyl adjacent to an activating group) is 1. The van der Waals surface area contributed by atoms with Crippen molar-refractivity contribution in [3.63, 3.8) is 0 Å². The molecule has 0 bridgehead atoms. The average Bonchev–Trinajstić information content (AvgIpc) is 2.45. The fourth-order valence-corrected chi connectivity index (χ4v) is 2.23. The van der Waals surface area contributed by atoms with Gasteiger partial charge in [0.1, 0.15) is 0 Å². The third-order valence-corrected chi connectivity index (χ3v) is 3.48. The molecule has 1 aromatic rings. The zero-order valence-corrected chi connectivity index (χ0v) is 13.3. The lowest BCUT2D eigenvalue weighted by Gasteiger charge is -2.23. The number of guanidine groups is 1. The molecule has 0 unspecified atom stereocenters. The zero-order valence-electron chi connectivity index (χ0n) is 13.3. The van der Waals surface area contributed by atoms with E-state index in [0.29, 0.717) is 5.96 Å². The Morgan fingerprint density at radius 2 is 1.85 bits per heavy atom. The molecular formula is C16H28N4. The van der Waals surface area contributed by atoms with E-state index in [0.717, 1.165) is 32.7 Å². The van der Waals surface area contributed by atoms with Gasteiger partial charge < -0.3 is 15.5 Å². The van der Waals surface area contributed by atoms with Gasteiger partial charge in [0, 0.05) is 31.9 Å². The highest BCUT2D eigenvalue weighted by molar-refractivity contribution is 5.78. The lowest BCUT2D eigenvalue weighted by molar-refractivity contribution is 0.458. The summed E-state index contributed by atoms with van der Waals surface area (Å²) in [6, 6.07) is 8.57. The van der Waals surface area contributed by atoms with Crippen molar-refractivity contribution in [2.24, 2.45) is 10.7 Å². The van der Waals surface area contributed by atoms with Gasteiger partial charge in [-0.25, -0.2) is 0 Å². The minimum Gasteiger partial charge on any atom is -0.370 e. The highest BCUT2D eigenvalue weighted by Crippen LogP contribution is 2.15. The smallest absolute Gasteiger partial charge is 0.191 e. The van der Waals surface area contributed by atoms with Crippen molar-refractivity contribution in [1.29, 1.82) is 0 Å². The molecule has 0 saturated carbocycles. The molecule has 0 heterocycles. The number of benzene rings is 1. The fraction of sp³-hybridized carbons (Fsp3) is 0.562. The minimum absolute atomic E-state index is 0.648. The van der Waals surface area contributed by atoms with Gasteiger partial charge in [-0.1, -0.05) is 12.1 Å². The van der Waals surface area contributed by atoms with Crippen molar-refractivity contribution in [1.82, 2.24) is 4.90 Å². The van der Waals surface area contributed by atoms with E-state index in [1.165, 1.54) is 11.3 Å². The van der Waals surface area contributed by atoms with Crippen LogP contribution in [0.25, 0.3) is 0 Å². The van der Waals surface area contributed by atoms with Crippen LogP contribution < -0.4 is 10.6 Å². The maximum absolute atomic E-state index is 5.99. The van der Waals surface area contributed by atoms with Crippen LogP contribution in [0.1, 0.15) is 26.3 Å². The fourth-order valence-electron chi connectivity index (χ4n) is 2.23. The van der Waals surface area contributed by atoms with E-state index in [2.05, 4.69) is 66.8 Å². The Morgan fingerprint density at radius 3 is 2.40 bits per heavy atom. The number of nitrogens with two attached hydrogens (primary N) is 1. The Kier molecular flexibility index (Phi) is 6.91. The molecule has 0 spiro atoms. The van der Waals surface area contributed by atoms with E-state index >= 15 is 0 Å². The van der Waals surface area contributed by atoms with E-state index < -0.39 is 0 Å². The predicted molar refractivity (Wildman–Crippen MR) is 88.5 cm³/mol. The van der Waals surface area contributed by atoms with Crippen LogP contribution in [-0.4, -0.2) is 43.6 Å². The van der Waals surface area contributed by atoms with E-state index in [1.807, 2.05) is 0 Å². The van der Waals surface area contributed by atoms with Gasteiger partial charge in [0.05, 0.1) is 6.54 Å². The van der Waals surface area contributed by atoms with Crippen LogP contribution in [0.4, 0.5) is 5.69 Å². The monoisotopic (exact) mass is 276 g/mol. The summed E-state index contributed by atoms with van der Waals surface area (Å²) in [6.45, 7) is 12.9. The van der Waals surface area contributed by atoms with Crippen molar-refractivity contribution in [2.75, 3.05) is 37.6 Å². The Morgan fingerprint density at radius 1 is 1.15 bits per heavy atom. The Bertz CT molecular complexity index is 424. The van der Waals surface area contributed by atoms with Gasteiger partial charge in [0.2, 0.25) is 0 Å². The summed E-state index contributed by atoms with van der Waals surface area (Å²) in [5.41, 5.74) is 8.53. The average molecular weight is 276 g/mol. The van der Waals surface area contributed by atoms with Crippen LogP contribution in [0.2, 0.25) is 0 Å². The number of aryl methyl sites for hydroxylation is 1. The largest absolute Gasteiger partial charge is 0.370 e. The predicted octanol–water partition coefficient (Wildman–Crippen LogP) is 2.48. The summed E-state index contributed by atoms with van der Waals surface area (Å²) < 4.78 is 0. The Hall–Kier alpha value is -1.71. The molecule has 0 aliphatic carbocycles. The van der Waals surface area contributed by atoms with E-state index in [-0.39, 0.29) is 0 Å². The molecule has 2 N–H and O–H groups in total. The SMILES string of the molecule is CCN(CC)C(N)=NCCN(CC)c1cccc(C)c1. The molecule has 0 radical (unpaired) electrons. The highest BCUT2D eigenvalue weighted by Gasteiger charge is 2.05. The quantitative estimate of drug-likeness (QED) is 0.614. The number of nitrogens with zero attached hydrogens (tertiary/aromatic N) is 3. The molecule has 20 heavy (non-hydrogen) atoms. The van der Waals surface area contributed by atoms with E-state index in [4.69, 9.17) is 5.73 Å². The van der Waals surface area contributed by atoms with Crippen LogP contribution in [0.15, 0.2) is 29.3 Å².